The summed E-state index contributed by atoms with van der Waals surface area (Å²) < 4.78 is 2.11. The lowest BCUT2D eigenvalue weighted by Crippen LogP contribution is -2.11. The first-order chi connectivity index (χ1) is 8.99. The van der Waals surface area contributed by atoms with Crippen LogP contribution >= 0.6 is 11.3 Å². The first-order valence-electron chi connectivity index (χ1n) is 6.59. The molecule has 0 bridgehead atoms. The molecule has 2 aromatic heterocycles. The van der Waals surface area contributed by atoms with E-state index < -0.39 is 0 Å². The fourth-order valence-electron chi connectivity index (χ4n) is 1.76. The Morgan fingerprint density at radius 2 is 2.16 bits per heavy atom. The van der Waals surface area contributed by atoms with Gasteiger partial charge < -0.3 is 9.88 Å². The molecule has 0 aliphatic carbocycles. The topological polar surface area (TPSA) is 42.7 Å². The van der Waals surface area contributed by atoms with Crippen LogP contribution in [-0.2, 0) is 18.4 Å². The third-order valence-electron chi connectivity index (χ3n) is 2.96. The Morgan fingerprint density at radius 1 is 1.37 bits per heavy atom. The maximum atomic E-state index is 4.71. The van der Waals surface area contributed by atoms with Gasteiger partial charge in [-0.3, -0.25) is 0 Å². The van der Waals surface area contributed by atoms with Crippen LogP contribution < -0.4 is 5.32 Å². The predicted molar refractivity (Wildman–Crippen MR) is 79.8 cm³/mol. The van der Waals surface area contributed by atoms with Crippen molar-refractivity contribution in [3.05, 3.63) is 34.3 Å². The first kappa shape index (κ1) is 14.2. The molecule has 0 atom stereocenters. The van der Waals surface area contributed by atoms with Gasteiger partial charge in [-0.25, -0.2) is 9.97 Å². The van der Waals surface area contributed by atoms with Crippen molar-refractivity contribution in [1.29, 1.82) is 0 Å². The molecule has 0 amide bonds. The van der Waals surface area contributed by atoms with Crippen molar-refractivity contribution in [2.24, 2.45) is 0 Å². The van der Waals surface area contributed by atoms with Gasteiger partial charge in [-0.05, 0) is 7.05 Å². The lowest BCUT2D eigenvalue weighted by Gasteiger charge is -2.14. The molecule has 0 unspecified atom stereocenters. The quantitative estimate of drug-likeness (QED) is 0.913. The van der Waals surface area contributed by atoms with Crippen LogP contribution in [0, 0.1) is 0 Å². The molecular formula is C14H22N4S. The van der Waals surface area contributed by atoms with Gasteiger partial charge >= 0.3 is 0 Å². The van der Waals surface area contributed by atoms with Gasteiger partial charge in [0.05, 0.1) is 24.3 Å². The molecule has 2 rings (SSSR count). The molecular weight excluding hydrogens is 256 g/mol. The van der Waals surface area contributed by atoms with Crippen molar-refractivity contribution in [3.8, 4) is 0 Å². The van der Waals surface area contributed by atoms with Crippen molar-refractivity contribution in [2.45, 2.75) is 39.2 Å². The van der Waals surface area contributed by atoms with E-state index in [1.165, 1.54) is 5.69 Å². The van der Waals surface area contributed by atoms with Gasteiger partial charge in [-0.1, -0.05) is 20.8 Å². The van der Waals surface area contributed by atoms with Crippen LogP contribution in [0.25, 0.3) is 0 Å². The van der Waals surface area contributed by atoms with Crippen LogP contribution in [0.5, 0.6) is 0 Å². The molecule has 1 N–H and O–H groups in total. The summed E-state index contributed by atoms with van der Waals surface area (Å²) in [6.45, 7) is 8.35. The van der Waals surface area contributed by atoms with E-state index in [9.17, 15) is 0 Å². The summed E-state index contributed by atoms with van der Waals surface area (Å²) >= 11 is 1.73. The molecule has 0 spiro atoms. The summed E-state index contributed by atoms with van der Waals surface area (Å²) in [6, 6.07) is 0. The van der Waals surface area contributed by atoms with Crippen molar-refractivity contribution in [2.75, 3.05) is 13.6 Å². The number of nitrogens with one attached hydrogen (secondary N) is 1. The van der Waals surface area contributed by atoms with Crippen LogP contribution in [0.15, 0.2) is 17.9 Å². The van der Waals surface area contributed by atoms with Gasteiger partial charge in [0, 0.05) is 30.0 Å². The number of aromatic nitrogens is 3. The highest BCUT2D eigenvalue weighted by Gasteiger charge is 2.17. The normalized spacial score (nSPS) is 12.0. The van der Waals surface area contributed by atoms with Crippen molar-refractivity contribution >= 4 is 11.3 Å². The third-order valence-corrected chi connectivity index (χ3v) is 3.79. The van der Waals surface area contributed by atoms with Crippen LogP contribution in [0.1, 0.15) is 37.2 Å². The van der Waals surface area contributed by atoms with Crippen molar-refractivity contribution in [3.63, 3.8) is 0 Å². The van der Waals surface area contributed by atoms with Gasteiger partial charge in [-0.15, -0.1) is 11.3 Å². The van der Waals surface area contributed by atoms with E-state index in [0.29, 0.717) is 0 Å². The molecule has 0 radical (unpaired) electrons. The number of rotatable bonds is 5. The molecule has 0 saturated carbocycles. The Balaban J connectivity index is 2.01. The number of thiazole rings is 1. The van der Waals surface area contributed by atoms with Crippen LogP contribution in [0.4, 0.5) is 0 Å². The molecule has 4 nitrogen and oxygen atoms in total. The number of hydrogen-bond donors (Lipinski definition) is 1. The van der Waals surface area contributed by atoms with Crippen molar-refractivity contribution in [1.82, 2.24) is 19.9 Å². The average Bonchev–Trinajstić information content (AvgIpc) is 2.95. The van der Waals surface area contributed by atoms with Gasteiger partial charge in [0.25, 0.3) is 0 Å². The standard InChI is InChI=1S/C14H22N4S/c1-14(2,3)12-9-19-13(17-12)8-18-7-11(16-10-18)5-6-15-4/h7,9-10,15H,5-6,8H2,1-4H3. The van der Waals surface area contributed by atoms with E-state index in [2.05, 4.69) is 47.2 Å². The van der Waals surface area contributed by atoms with Crippen molar-refractivity contribution < 1.29 is 0 Å². The largest absolute Gasteiger partial charge is 0.330 e. The van der Waals surface area contributed by atoms with Crippen LogP contribution in [0.2, 0.25) is 0 Å². The maximum absolute atomic E-state index is 4.71. The van der Waals surface area contributed by atoms with E-state index in [4.69, 9.17) is 4.98 Å². The molecule has 19 heavy (non-hydrogen) atoms. The summed E-state index contributed by atoms with van der Waals surface area (Å²) in [5.41, 5.74) is 2.42. The van der Waals surface area contributed by atoms with E-state index >= 15 is 0 Å². The van der Waals surface area contributed by atoms with E-state index in [-0.39, 0.29) is 5.41 Å². The van der Waals surface area contributed by atoms with Gasteiger partial charge in [0.15, 0.2) is 0 Å². The van der Waals surface area contributed by atoms with E-state index in [0.717, 1.165) is 30.2 Å². The Morgan fingerprint density at radius 3 is 2.79 bits per heavy atom. The third kappa shape index (κ3) is 3.88. The fraction of sp³-hybridized carbons (Fsp3) is 0.571. The molecule has 2 aromatic rings. The Hall–Kier alpha value is -1.20. The molecule has 5 heteroatoms. The molecule has 104 valence electrons. The van der Waals surface area contributed by atoms with Crippen LogP contribution in [-0.4, -0.2) is 28.1 Å². The zero-order valence-electron chi connectivity index (χ0n) is 12.1. The smallest absolute Gasteiger partial charge is 0.113 e. The Labute approximate surface area is 118 Å². The number of imidazole rings is 1. The lowest BCUT2D eigenvalue weighted by molar-refractivity contribution is 0.569. The van der Waals surface area contributed by atoms with E-state index in [1.807, 2.05) is 13.4 Å². The highest BCUT2D eigenvalue weighted by Crippen LogP contribution is 2.24. The summed E-state index contributed by atoms with van der Waals surface area (Å²) in [5.74, 6) is 0. The SMILES string of the molecule is CNCCc1cn(Cc2nc(C(C)(C)C)cs2)cn1. The fourth-order valence-corrected chi connectivity index (χ4v) is 2.79. The molecule has 0 aromatic carbocycles. The summed E-state index contributed by atoms with van der Waals surface area (Å²) in [4.78, 5) is 9.11. The maximum Gasteiger partial charge on any atom is 0.113 e. The summed E-state index contributed by atoms with van der Waals surface area (Å²) in [5, 5.41) is 6.44. The number of likely N-dealkylation sites (N-methyl/N-ethyl adjacent to an activating group) is 1. The minimum absolute atomic E-state index is 0.127. The lowest BCUT2D eigenvalue weighted by atomic mass is 9.93. The van der Waals surface area contributed by atoms with Crippen LogP contribution in [0.3, 0.4) is 0 Å². The predicted octanol–water partition coefficient (Wildman–Crippen LogP) is 2.45. The summed E-state index contributed by atoms with van der Waals surface area (Å²) in [6.07, 6.45) is 4.97. The zero-order valence-corrected chi connectivity index (χ0v) is 12.9. The summed E-state index contributed by atoms with van der Waals surface area (Å²) in [7, 11) is 1.96. The molecule has 0 aliphatic rings. The molecule has 0 saturated heterocycles. The number of nitrogens with zero attached hydrogens (tertiary/aromatic N) is 3. The number of hydrogen-bond acceptors (Lipinski definition) is 4. The van der Waals surface area contributed by atoms with Gasteiger partial charge in [-0.2, -0.15) is 0 Å². The second-order valence-electron chi connectivity index (χ2n) is 5.77. The average molecular weight is 278 g/mol. The minimum atomic E-state index is 0.127. The highest BCUT2D eigenvalue weighted by atomic mass is 32.1. The highest BCUT2D eigenvalue weighted by molar-refractivity contribution is 7.09. The minimum Gasteiger partial charge on any atom is -0.330 e. The van der Waals surface area contributed by atoms with Gasteiger partial charge in [0.2, 0.25) is 0 Å². The zero-order chi connectivity index (χ0) is 13.9. The molecule has 0 aliphatic heterocycles. The monoisotopic (exact) mass is 278 g/mol. The Bertz CT molecular complexity index is 522. The van der Waals surface area contributed by atoms with E-state index in [1.54, 1.807) is 11.3 Å². The Kier molecular flexibility index (Phi) is 4.37. The second kappa shape index (κ2) is 5.84. The molecule has 0 fully saturated rings. The first-order valence-corrected chi connectivity index (χ1v) is 7.47. The second-order valence-corrected chi connectivity index (χ2v) is 6.71. The molecule has 2 heterocycles. The van der Waals surface area contributed by atoms with Gasteiger partial charge in [0.1, 0.15) is 5.01 Å².